The van der Waals surface area contributed by atoms with Crippen molar-refractivity contribution >= 4 is 42.3 Å². The largest absolute Gasteiger partial charge is 0.469 e. The molecule has 1 N–H and O–H groups in total. The number of nitrogens with zero attached hydrogens (tertiary/aromatic N) is 3. The number of aliphatic hydroxyl groups is 1. The molecule has 0 amide bonds. The van der Waals surface area contributed by atoms with Gasteiger partial charge in [0, 0.05) is 14.7 Å². The molecule has 0 bridgehead atoms. The van der Waals surface area contributed by atoms with Crippen molar-refractivity contribution < 1.29 is 24.1 Å². The molecule has 0 unspecified atom stereocenters. The van der Waals surface area contributed by atoms with Gasteiger partial charge in [0.05, 0.1) is 23.8 Å². The molecule has 4 atom stereocenters. The normalized spacial score (nSPS) is 25.7. The van der Waals surface area contributed by atoms with Gasteiger partial charge in [-0.15, -0.1) is 0 Å². The summed E-state index contributed by atoms with van der Waals surface area (Å²) >= 11 is 12.3. The topological polar surface area (TPSA) is 98.8 Å². The average Bonchev–Trinajstić information content (AvgIpc) is 3.34. The van der Waals surface area contributed by atoms with Gasteiger partial charge in [-0.25, -0.2) is 4.98 Å². The van der Waals surface area contributed by atoms with E-state index in [9.17, 15) is 10.4 Å². The van der Waals surface area contributed by atoms with Crippen molar-refractivity contribution in [2.75, 3.05) is 19.8 Å². The molecule has 4 heterocycles. The highest BCUT2D eigenvalue weighted by molar-refractivity contribution is 6.76. The molecule has 0 spiro atoms. The lowest BCUT2D eigenvalue weighted by Gasteiger charge is -2.20. The molecule has 168 valence electrons. The number of aliphatic hydroxyl groups excluding tert-OH is 1. The van der Waals surface area contributed by atoms with Crippen molar-refractivity contribution in [3.8, 4) is 11.9 Å². The summed E-state index contributed by atoms with van der Waals surface area (Å²) in [6, 6.07) is 4.84. The van der Waals surface area contributed by atoms with Crippen LogP contribution in [0.2, 0.25) is 35.9 Å². The standard InChI is InChI=1S/C20H25Cl2N3O5Si/c1-31(2,3)5-4-27-10-25-13-6-12(21)19(22)24-16(13)11(7-23)20(25)30-15-9-29-17-14(26)8-28-18(15)17/h6,14-15,17-18,26H,4-5,8-10H2,1-3H3/t14-,15-,17-,18-/m1/s1. The van der Waals surface area contributed by atoms with E-state index >= 15 is 0 Å². The zero-order valence-corrected chi connectivity index (χ0v) is 20.1. The Balaban J connectivity index is 1.67. The number of hydrogen-bond donors (Lipinski definition) is 1. The first kappa shape index (κ1) is 22.8. The predicted molar refractivity (Wildman–Crippen MR) is 118 cm³/mol. The molecule has 8 nitrogen and oxygen atoms in total. The van der Waals surface area contributed by atoms with E-state index in [0.717, 1.165) is 6.04 Å². The monoisotopic (exact) mass is 485 g/mol. The van der Waals surface area contributed by atoms with Crippen molar-refractivity contribution in [2.24, 2.45) is 0 Å². The lowest BCUT2D eigenvalue weighted by atomic mass is 10.1. The van der Waals surface area contributed by atoms with Crippen LogP contribution < -0.4 is 4.74 Å². The van der Waals surface area contributed by atoms with Gasteiger partial charge in [-0.1, -0.05) is 42.8 Å². The lowest BCUT2D eigenvalue weighted by molar-refractivity contribution is 0.00470. The smallest absolute Gasteiger partial charge is 0.217 e. The maximum Gasteiger partial charge on any atom is 0.217 e. The number of rotatable bonds is 7. The first-order valence-corrected chi connectivity index (χ1v) is 14.6. The van der Waals surface area contributed by atoms with Crippen LogP contribution in [0.4, 0.5) is 0 Å². The van der Waals surface area contributed by atoms with Crippen LogP contribution >= 0.6 is 23.2 Å². The highest BCUT2D eigenvalue weighted by Gasteiger charge is 2.49. The molecule has 0 radical (unpaired) electrons. The Kier molecular flexibility index (Phi) is 6.52. The second-order valence-electron chi connectivity index (χ2n) is 9.02. The SMILES string of the molecule is C[Si](C)(C)CCOCn1c(O[C@@H]2CO[C@H]3[C@@H]2OC[C@H]3O)c(C#N)c2nc(Cl)c(Cl)cc21. The Hall–Kier alpha value is -1.38. The Bertz CT molecular complexity index is 1020. The van der Waals surface area contributed by atoms with Gasteiger partial charge < -0.3 is 24.1 Å². The number of hydrogen-bond acceptors (Lipinski definition) is 7. The second kappa shape index (κ2) is 8.87. The van der Waals surface area contributed by atoms with Gasteiger partial charge in [0.2, 0.25) is 5.88 Å². The Labute approximate surface area is 191 Å². The van der Waals surface area contributed by atoms with Crippen LogP contribution in [0.25, 0.3) is 11.0 Å². The second-order valence-corrected chi connectivity index (χ2v) is 15.4. The van der Waals surface area contributed by atoms with Gasteiger partial charge >= 0.3 is 0 Å². The van der Waals surface area contributed by atoms with E-state index in [1.54, 1.807) is 10.6 Å². The summed E-state index contributed by atoms with van der Waals surface area (Å²) in [4.78, 5) is 4.31. The summed E-state index contributed by atoms with van der Waals surface area (Å²) in [7, 11) is -1.26. The molecular weight excluding hydrogens is 461 g/mol. The van der Waals surface area contributed by atoms with E-state index in [0.29, 0.717) is 23.5 Å². The van der Waals surface area contributed by atoms with Crippen LogP contribution in [0.3, 0.4) is 0 Å². The molecule has 31 heavy (non-hydrogen) atoms. The van der Waals surface area contributed by atoms with Crippen molar-refractivity contribution in [1.29, 1.82) is 5.26 Å². The van der Waals surface area contributed by atoms with Gasteiger partial charge in [0.1, 0.15) is 47.3 Å². The number of nitriles is 1. The molecule has 2 saturated heterocycles. The van der Waals surface area contributed by atoms with Gasteiger partial charge in [-0.05, 0) is 12.1 Å². The third-order valence-corrected chi connectivity index (χ3v) is 7.85. The van der Waals surface area contributed by atoms with Gasteiger partial charge in [-0.2, -0.15) is 5.26 Å². The van der Waals surface area contributed by atoms with Crippen molar-refractivity contribution in [3.63, 3.8) is 0 Å². The molecule has 2 aromatic heterocycles. The van der Waals surface area contributed by atoms with Crippen molar-refractivity contribution in [1.82, 2.24) is 9.55 Å². The maximum atomic E-state index is 10.0. The lowest BCUT2D eigenvalue weighted by Crippen LogP contribution is -2.35. The van der Waals surface area contributed by atoms with E-state index in [1.165, 1.54) is 0 Å². The summed E-state index contributed by atoms with van der Waals surface area (Å²) in [6.45, 7) is 8.03. The third-order valence-electron chi connectivity index (χ3n) is 5.47. The highest BCUT2D eigenvalue weighted by Crippen LogP contribution is 2.37. The summed E-state index contributed by atoms with van der Waals surface area (Å²) < 4.78 is 25.2. The number of ether oxygens (including phenoxy) is 4. The zero-order chi connectivity index (χ0) is 22.3. The quantitative estimate of drug-likeness (QED) is 0.364. The van der Waals surface area contributed by atoms with Crippen LogP contribution in [0.1, 0.15) is 5.56 Å². The minimum Gasteiger partial charge on any atom is -0.469 e. The van der Waals surface area contributed by atoms with Crippen molar-refractivity contribution in [2.45, 2.75) is 56.8 Å². The average molecular weight is 486 g/mol. The minimum absolute atomic E-state index is 0.112. The number of fused-ring (bicyclic) bond motifs is 2. The molecule has 0 aromatic carbocycles. The van der Waals surface area contributed by atoms with E-state index in [4.69, 9.17) is 42.1 Å². The van der Waals surface area contributed by atoms with E-state index in [1.807, 2.05) is 0 Å². The zero-order valence-electron chi connectivity index (χ0n) is 17.6. The van der Waals surface area contributed by atoms with Crippen LogP contribution in [-0.4, -0.2) is 67.0 Å². The van der Waals surface area contributed by atoms with Crippen LogP contribution in [0.5, 0.6) is 5.88 Å². The fourth-order valence-corrected chi connectivity index (χ4v) is 4.81. The molecule has 4 rings (SSSR count). The molecule has 2 fully saturated rings. The number of aromatic nitrogens is 2. The van der Waals surface area contributed by atoms with E-state index in [2.05, 4.69) is 30.7 Å². The molecule has 2 aliphatic rings. The molecule has 2 aromatic rings. The van der Waals surface area contributed by atoms with Crippen LogP contribution in [0.15, 0.2) is 6.07 Å². The summed E-state index contributed by atoms with van der Waals surface area (Å²) in [6.07, 6.45) is -2.03. The van der Waals surface area contributed by atoms with E-state index in [-0.39, 0.29) is 35.7 Å². The minimum atomic E-state index is -1.26. The number of pyridine rings is 1. The van der Waals surface area contributed by atoms with Crippen LogP contribution in [0, 0.1) is 11.3 Å². The van der Waals surface area contributed by atoms with Gasteiger partial charge in [-0.3, -0.25) is 4.57 Å². The fraction of sp³-hybridized carbons (Fsp3) is 0.600. The van der Waals surface area contributed by atoms with Crippen molar-refractivity contribution in [3.05, 3.63) is 21.8 Å². The van der Waals surface area contributed by atoms with Gasteiger partial charge in [0.15, 0.2) is 6.10 Å². The Morgan fingerprint density at radius 3 is 2.74 bits per heavy atom. The molecule has 2 aliphatic heterocycles. The summed E-state index contributed by atoms with van der Waals surface area (Å²) in [5, 5.41) is 20.3. The highest BCUT2D eigenvalue weighted by atomic mass is 35.5. The summed E-state index contributed by atoms with van der Waals surface area (Å²) in [5.74, 6) is 0.301. The first-order chi connectivity index (χ1) is 14.7. The van der Waals surface area contributed by atoms with E-state index < -0.39 is 32.5 Å². The fourth-order valence-electron chi connectivity index (χ4n) is 3.77. The molecule has 0 saturated carbocycles. The molecule has 0 aliphatic carbocycles. The number of halogens is 2. The van der Waals surface area contributed by atoms with Crippen LogP contribution in [-0.2, 0) is 20.9 Å². The molecular formula is C20H25Cl2N3O5Si. The Morgan fingerprint density at radius 1 is 1.29 bits per heavy atom. The molecule has 11 heteroatoms. The Morgan fingerprint density at radius 2 is 2.03 bits per heavy atom. The third kappa shape index (κ3) is 4.57. The predicted octanol–water partition coefficient (Wildman–Crippen LogP) is 3.43. The first-order valence-electron chi connectivity index (χ1n) is 10.1. The summed E-state index contributed by atoms with van der Waals surface area (Å²) in [5.41, 5.74) is 1.23. The maximum absolute atomic E-state index is 10.0. The van der Waals surface area contributed by atoms with Gasteiger partial charge in [0.25, 0.3) is 0 Å².